The Balaban J connectivity index is 1.86. The SMILES string of the molecule is COc1ccc(NC(=O)[C@H](C)OC(=O)CCc2ccc(OC)c(OC)c2)cc1Cl. The third kappa shape index (κ3) is 6.29. The minimum absolute atomic E-state index is 0.126. The Morgan fingerprint density at radius 3 is 2.24 bits per heavy atom. The molecule has 0 saturated heterocycles. The average molecular weight is 422 g/mol. The van der Waals surface area contributed by atoms with Gasteiger partial charge >= 0.3 is 5.97 Å². The Kier molecular flexibility index (Phi) is 8.15. The number of amides is 1. The van der Waals surface area contributed by atoms with Gasteiger partial charge in [0.25, 0.3) is 5.91 Å². The number of hydrogen-bond donors (Lipinski definition) is 1. The molecule has 0 aliphatic heterocycles. The quantitative estimate of drug-likeness (QED) is 0.619. The van der Waals surface area contributed by atoms with Crippen LogP contribution < -0.4 is 19.5 Å². The topological polar surface area (TPSA) is 83.1 Å². The fraction of sp³-hybridized carbons (Fsp3) is 0.333. The van der Waals surface area contributed by atoms with Gasteiger partial charge in [-0.3, -0.25) is 9.59 Å². The molecular formula is C21H24ClNO6. The highest BCUT2D eigenvalue weighted by molar-refractivity contribution is 6.32. The van der Waals surface area contributed by atoms with Crippen LogP contribution in [-0.4, -0.2) is 39.3 Å². The van der Waals surface area contributed by atoms with E-state index in [9.17, 15) is 9.59 Å². The summed E-state index contributed by atoms with van der Waals surface area (Å²) < 4.78 is 20.7. The van der Waals surface area contributed by atoms with E-state index in [1.165, 1.54) is 14.0 Å². The molecule has 2 aromatic carbocycles. The van der Waals surface area contributed by atoms with Crippen LogP contribution >= 0.6 is 11.6 Å². The van der Waals surface area contributed by atoms with Gasteiger partial charge in [0.15, 0.2) is 17.6 Å². The van der Waals surface area contributed by atoms with Gasteiger partial charge < -0.3 is 24.3 Å². The smallest absolute Gasteiger partial charge is 0.306 e. The number of rotatable bonds is 9. The predicted octanol–water partition coefficient (Wildman–Crippen LogP) is 3.87. The predicted molar refractivity (Wildman–Crippen MR) is 110 cm³/mol. The standard InChI is InChI=1S/C21H24ClNO6/c1-13(21(25)23-15-7-9-17(26-2)16(22)12-15)29-20(24)10-6-14-5-8-18(27-3)19(11-14)28-4/h5,7-9,11-13H,6,10H2,1-4H3,(H,23,25)/t13-/m0/s1. The van der Waals surface area contributed by atoms with Crippen LogP contribution in [0.25, 0.3) is 0 Å². The van der Waals surface area contributed by atoms with Crippen molar-refractivity contribution in [2.24, 2.45) is 0 Å². The average Bonchev–Trinajstić information content (AvgIpc) is 2.72. The van der Waals surface area contributed by atoms with Crippen LogP contribution in [0.1, 0.15) is 18.9 Å². The van der Waals surface area contributed by atoms with Gasteiger partial charge in [0, 0.05) is 12.1 Å². The van der Waals surface area contributed by atoms with Gasteiger partial charge in [-0.15, -0.1) is 0 Å². The van der Waals surface area contributed by atoms with E-state index < -0.39 is 18.0 Å². The number of anilines is 1. The number of benzene rings is 2. The Hall–Kier alpha value is -2.93. The maximum atomic E-state index is 12.2. The minimum Gasteiger partial charge on any atom is -0.495 e. The van der Waals surface area contributed by atoms with E-state index in [0.717, 1.165) is 5.56 Å². The molecule has 0 saturated carbocycles. The van der Waals surface area contributed by atoms with Crippen molar-refractivity contribution in [1.29, 1.82) is 0 Å². The van der Waals surface area contributed by atoms with Crippen LogP contribution in [-0.2, 0) is 20.7 Å². The first-order valence-electron chi connectivity index (χ1n) is 8.92. The molecule has 0 aliphatic carbocycles. The Bertz CT molecular complexity index is 870. The summed E-state index contributed by atoms with van der Waals surface area (Å²) in [6.07, 6.45) is -0.378. The van der Waals surface area contributed by atoms with Gasteiger partial charge in [0.1, 0.15) is 5.75 Å². The Labute approximate surface area is 174 Å². The van der Waals surface area contributed by atoms with E-state index in [-0.39, 0.29) is 6.42 Å². The maximum absolute atomic E-state index is 12.2. The maximum Gasteiger partial charge on any atom is 0.306 e. The number of nitrogens with one attached hydrogen (secondary N) is 1. The van der Waals surface area contributed by atoms with E-state index >= 15 is 0 Å². The number of halogens is 1. The van der Waals surface area contributed by atoms with Gasteiger partial charge in [0.05, 0.1) is 26.4 Å². The summed E-state index contributed by atoms with van der Waals surface area (Å²) in [5.41, 5.74) is 1.37. The van der Waals surface area contributed by atoms with Crippen molar-refractivity contribution in [3.63, 3.8) is 0 Å². The molecule has 156 valence electrons. The summed E-state index contributed by atoms with van der Waals surface area (Å²) in [6, 6.07) is 10.3. The highest BCUT2D eigenvalue weighted by atomic mass is 35.5. The number of carbonyl (C=O) groups is 2. The van der Waals surface area contributed by atoms with E-state index in [1.807, 2.05) is 6.07 Å². The van der Waals surface area contributed by atoms with Crippen molar-refractivity contribution in [2.45, 2.75) is 25.9 Å². The van der Waals surface area contributed by atoms with Gasteiger partial charge in [-0.2, -0.15) is 0 Å². The van der Waals surface area contributed by atoms with Crippen LogP contribution in [0, 0.1) is 0 Å². The lowest BCUT2D eigenvalue weighted by molar-refractivity contribution is -0.153. The third-order valence-corrected chi connectivity index (χ3v) is 4.46. The minimum atomic E-state index is -0.950. The summed E-state index contributed by atoms with van der Waals surface area (Å²) in [7, 11) is 4.61. The van der Waals surface area contributed by atoms with Crippen molar-refractivity contribution in [2.75, 3.05) is 26.6 Å². The Morgan fingerprint density at radius 1 is 0.966 bits per heavy atom. The number of esters is 1. The molecular weight excluding hydrogens is 398 g/mol. The van der Waals surface area contributed by atoms with E-state index in [0.29, 0.717) is 34.4 Å². The lowest BCUT2D eigenvalue weighted by Gasteiger charge is -2.14. The first-order chi connectivity index (χ1) is 13.9. The van der Waals surface area contributed by atoms with Crippen molar-refractivity contribution in [1.82, 2.24) is 0 Å². The molecule has 0 aromatic heterocycles. The molecule has 0 unspecified atom stereocenters. The number of aryl methyl sites for hydroxylation is 1. The summed E-state index contributed by atoms with van der Waals surface area (Å²) in [4.78, 5) is 24.4. The highest BCUT2D eigenvalue weighted by Crippen LogP contribution is 2.28. The van der Waals surface area contributed by atoms with Crippen LogP contribution in [0.5, 0.6) is 17.2 Å². The Morgan fingerprint density at radius 2 is 1.62 bits per heavy atom. The molecule has 0 spiro atoms. The number of methoxy groups -OCH3 is 3. The van der Waals surface area contributed by atoms with Crippen LogP contribution in [0.4, 0.5) is 5.69 Å². The van der Waals surface area contributed by atoms with Gasteiger partial charge in [-0.1, -0.05) is 17.7 Å². The molecule has 1 N–H and O–H groups in total. The number of hydrogen-bond acceptors (Lipinski definition) is 6. The summed E-state index contributed by atoms with van der Waals surface area (Å²) in [5, 5.41) is 3.02. The van der Waals surface area contributed by atoms with Crippen molar-refractivity contribution >= 4 is 29.2 Å². The second kappa shape index (κ2) is 10.6. The summed E-state index contributed by atoms with van der Waals surface area (Å²) >= 11 is 6.04. The molecule has 0 fully saturated rings. The number of carbonyl (C=O) groups excluding carboxylic acids is 2. The monoisotopic (exact) mass is 421 g/mol. The fourth-order valence-electron chi connectivity index (χ4n) is 2.58. The molecule has 1 amide bonds. The lowest BCUT2D eigenvalue weighted by Crippen LogP contribution is -2.30. The molecule has 8 heteroatoms. The second-order valence-corrected chi connectivity index (χ2v) is 6.57. The molecule has 2 aromatic rings. The molecule has 0 aliphatic rings. The zero-order chi connectivity index (χ0) is 21.4. The zero-order valence-corrected chi connectivity index (χ0v) is 17.5. The molecule has 2 rings (SSSR count). The fourth-order valence-corrected chi connectivity index (χ4v) is 2.84. The number of ether oxygens (including phenoxy) is 4. The molecule has 0 bridgehead atoms. The highest BCUT2D eigenvalue weighted by Gasteiger charge is 2.18. The van der Waals surface area contributed by atoms with Gasteiger partial charge in [-0.25, -0.2) is 0 Å². The molecule has 7 nitrogen and oxygen atoms in total. The van der Waals surface area contributed by atoms with Crippen LogP contribution in [0.3, 0.4) is 0 Å². The third-order valence-electron chi connectivity index (χ3n) is 4.16. The summed E-state index contributed by atoms with van der Waals surface area (Å²) in [5.74, 6) is 0.771. The van der Waals surface area contributed by atoms with E-state index in [2.05, 4.69) is 5.32 Å². The van der Waals surface area contributed by atoms with Crippen molar-refractivity contribution < 1.29 is 28.5 Å². The summed E-state index contributed by atoms with van der Waals surface area (Å²) in [6.45, 7) is 1.51. The van der Waals surface area contributed by atoms with Crippen LogP contribution in [0.2, 0.25) is 5.02 Å². The zero-order valence-electron chi connectivity index (χ0n) is 16.8. The molecule has 1 atom stereocenters. The molecule has 29 heavy (non-hydrogen) atoms. The normalized spacial score (nSPS) is 11.3. The van der Waals surface area contributed by atoms with Gasteiger partial charge in [0.2, 0.25) is 0 Å². The van der Waals surface area contributed by atoms with Gasteiger partial charge in [-0.05, 0) is 49.2 Å². The van der Waals surface area contributed by atoms with E-state index in [1.54, 1.807) is 44.6 Å². The molecule has 0 heterocycles. The second-order valence-electron chi connectivity index (χ2n) is 6.16. The van der Waals surface area contributed by atoms with Crippen molar-refractivity contribution in [3.05, 3.63) is 47.0 Å². The largest absolute Gasteiger partial charge is 0.495 e. The molecule has 0 radical (unpaired) electrons. The van der Waals surface area contributed by atoms with Crippen LogP contribution in [0.15, 0.2) is 36.4 Å². The lowest BCUT2D eigenvalue weighted by atomic mass is 10.1. The van der Waals surface area contributed by atoms with E-state index in [4.69, 9.17) is 30.5 Å². The first kappa shape index (κ1) is 22.4. The first-order valence-corrected chi connectivity index (χ1v) is 9.30. The van der Waals surface area contributed by atoms with Crippen molar-refractivity contribution in [3.8, 4) is 17.2 Å².